The summed E-state index contributed by atoms with van der Waals surface area (Å²) < 4.78 is 6.54. The van der Waals surface area contributed by atoms with Crippen molar-refractivity contribution in [2.24, 2.45) is 0 Å². The van der Waals surface area contributed by atoms with Crippen molar-refractivity contribution in [2.45, 2.75) is 0 Å². The molecule has 1 aromatic carbocycles. The smallest absolute Gasteiger partial charge is 0.341 e. The minimum absolute atomic E-state index is 0.232. The third kappa shape index (κ3) is 1.94. The first-order chi connectivity index (χ1) is 11.2. The van der Waals surface area contributed by atoms with Gasteiger partial charge in [-0.25, -0.2) is 9.89 Å². The summed E-state index contributed by atoms with van der Waals surface area (Å²) in [5.74, 6) is -0.544. The molecule has 0 spiro atoms. The zero-order valence-corrected chi connectivity index (χ0v) is 12.2. The van der Waals surface area contributed by atoms with E-state index in [0.717, 1.165) is 16.6 Å². The van der Waals surface area contributed by atoms with Gasteiger partial charge in [0.05, 0.1) is 18.4 Å². The minimum atomic E-state index is -0.544. The van der Waals surface area contributed by atoms with Crippen LogP contribution >= 0.6 is 0 Å². The molecule has 2 aliphatic heterocycles. The van der Waals surface area contributed by atoms with E-state index in [1.807, 2.05) is 30.5 Å². The van der Waals surface area contributed by atoms with E-state index >= 15 is 0 Å². The first-order valence-electron chi connectivity index (χ1n) is 6.94. The van der Waals surface area contributed by atoms with Crippen molar-refractivity contribution in [1.29, 1.82) is 0 Å². The highest BCUT2D eigenvalue weighted by atomic mass is 16.5. The van der Waals surface area contributed by atoms with E-state index in [1.165, 1.54) is 7.11 Å². The normalized spacial score (nSPS) is 11.2. The van der Waals surface area contributed by atoms with E-state index in [2.05, 4.69) is 15.2 Å². The first kappa shape index (κ1) is 13.3. The number of carbonyl (C=O) groups is 1. The van der Waals surface area contributed by atoms with E-state index < -0.39 is 5.97 Å². The van der Waals surface area contributed by atoms with Gasteiger partial charge in [-0.3, -0.25) is 4.79 Å². The largest absolute Gasteiger partial charge is 0.465 e. The summed E-state index contributed by atoms with van der Waals surface area (Å²) in [5.41, 5.74) is 2.33. The van der Waals surface area contributed by atoms with E-state index in [0.29, 0.717) is 11.3 Å². The lowest BCUT2D eigenvalue weighted by molar-refractivity contribution is 0.0600. The molecule has 0 aliphatic carbocycles. The second kappa shape index (κ2) is 4.84. The van der Waals surface area contributed by atoms with E-state index in [1.54, 1.807) is 17.0 Å². The van der Waals surface area contributed by atoms with Crippen LogP contribution in [0, 0.1) is 0 Å². The van der Waals surface area contributed by atoms with Crippen LogP contribution in [0.5, 0.6) is 0 Å². The number of nitrogens with zero attached hydrogens (tertiary/aromatic N) is 2. The van der Waals surface area contributed by atoms with Crippen molar-refractivity contribution in [3.63, 3.8) is 0 Å². The quantitative estimate of drug-likeness (QED) is 0.553. The molecule has 4 rings (SSSR count). The zero-order chi connectivity index (χ0) is 16.0. The van der Waals surface area contributed by atoms with Gasteiger partial charge < -0.3 is 14.3 Å². The maximum Gasteiger partial charge on any atom is 0.341 e. The predicted molar refractivity (Wildman–Crippen MR) is 84.0 cm³/mol. The number of methoxy groups -OCH3 is 1. The summed E-state index contributed by atoms with van der Waals surface area (Å²) in [4.78, 5) is 27.1. The Kier molecular flexibility index (Phi) is 2.80. The van der Waals surface area contributed by atoms with Crippen LogP contribution in [0.15, 0.2) is 47.7 Å². The monoisotopic (exact) mass is 308 g/mol. The molecular weight excluding hydrogens is 296 g/mol. The molecule has 3 heterocycles. The second-order valence-electron chi connectivity index (χ2n) is 5.10. The number of aromatic nitrogens is 4. The first-order valence-corrected chi connectivity index (χ1v) is 6.94. The van der Waals surface area contributed by atoms with Crippen LogP contribution in [0.4, 0.5) is 0 Å². The molecule has 0 amide bonds. The van der Waals surface area contributed by atoms with E-state index in [4.69, 9.17) is 4.74 Å². The van der Waals surface area contributed by atoms with Gasteiger partial charge in [-0.1, -0.05) is 6.07 Å². The summed E-state index contributed by atoms with van der Waals surface area (Å²) in [6.45, 7) is 0. The molecule has 1 aromatic heterocycles. The molecule has 2 aliphatic rings. The standard InChI is InChI=1S/C16H12N4O3/c1-23-16(22)11-8-20(7-10-14(11)18-19-15(10)21)13-4-2-3-12-9(13)5-6-17-12/h2-8,17H,1H3,(H,19,21). The molecule has 2 aromatic rings. The lowest BCUT2D eigenvalue weighted by Crippen LogP contribution is -2.11. The van der Waals surface area contributed by atoms with Gasteiger partial charge in [-0.15, -0.1) is 0 Å². The Hall–Kier alpha value is -3.35. The van der Waals surface area contributed by atoms with Crippen LogP contribution < -0.4 is 5.56 Å². The molecule has 0 radical (unpaired) electrons. The van der Waals surface area contributed by atoms with Gasteiger partial charge >= 0.3 is 5.97 Å². The molecule has 0 atom stereocenters. The molecule has 0 bridgehead atoms. The Balaban J connectivity index is 2.06. The Morgan fingerprint density at radius 2 is 2.13 bits per heavy atom. The average Bonchev–Trinajstić information content (AvgIpc) is 3.20. The Bertz CT molecular complexity index is 1060. The maximum atomic E-state index is 12.0. The van der Waals surface area contributed by atoms with E-state index in [9.17, 15) is 9.59 Å². The fourth-order valence-corrected chi connectivity index (χ4v) is 2.73. The Labute approximate surface area is 129 Å². The topological polar surface area (TPSA) is 92.8 Å². The fraction of sp³-hybridized carbons (Fsp3) is 0.0625. The van der Waals surface area contributed by atoms with Gasteiger partial charge in [0.15, 0.2) is 0 Å². The van der Waals surface area contributed by atoms with Crippen LogP contribution in [-0.4, -0.2) is 32.8 Å². The highest BCUT2D eigenvalue weighted by Crippen LogP contribution is 2.26. The molecule has 7 nitrogen and oxygen atoms in total. The summed E-state index contributed by atoms with van der Waals surface area (Å²) in [7, 11) is 1.29. The van der Waals surface area contributed by atoms with Crippen molar-refractivity contribution >= 4 is 16.9 Å². The van der Waals surface area contributed by atoms with Gasteiger partial charge in [0, 0.05) is 29.5 Å². The Morgan fingerprint density at radius 1 is 1.26 bits per heavy atom. The summed E-state index contributed by atoms with van der Waals surface area (Å²) in [6, 6.07) is 7.70. The average molecular weight is 308 g/mol. The van der Waals surface area contributed by atoms with Crippen molar-refractivity contribution < 1.29 is 9.53 Å². The third-order valence-electron chi connectivity index (χ3n) is 3.82. The number of pyridine rings is 1. The van der Waals surface area contributed by atoms with Gasteiger partial charge in [-0.2, -0.15) is 5.10 Å². The number of esters is 1. The molecular formula is C16H12N4O3. The van der Waals surface area contributed by atoms with Gasteiger partial charge in [0.25, 0.3) is 5.56 Å². The van der Waals surface area contributed by atoms with Crippen molar-refractivity contribution in [2.75, 3.05) is 7.11 Å². The molecule has 0 fully saturated rings. The number of aromatic amines is 2. The zero-order valence-electron chi connectivity index (χ0n) is 12.2. The molecule has 2 N–H and O–H groups in total. The summed E-state index contributed by atoms with van der Waals surface area (Å²) in [5, 5.41) is 7.27. The number of ether oxygens (including phenoxy) is 1. The summed E-state index contributed by atoms with van der Waals surface area (Å²) in [6.07, 6.45) is 5.12. The number of hydrogen-bond donors (Lipinski definition) is 2. The minimum Gasteiger partial charge on any atom is -0.465 e. The van der Waals surface area contributed by atoms with Crippen molar-refractivity contribution in [3.8, 4) is 16.9 Å². The SMILES string of the molecule is COC(=O)c1cn(-c2cccc3[nH]ccc23)cc2c(=O)[nH]nc1-2. The number of rotatable bonds is 2. The molecule has 114 valence electrons. The van der Waals surface area contributed by atoms with Crippen molar-refractivity contribution in [1.82, 2.24) is 19.7 Å². The number of hydrogen-bond acceptors (Lipinski definition) is 4. The molecule has 23 heavy (non-hydrogen) atoms. The highest BCUT2D eigenvalue weighted by Gasteiger charge is 2.22. The van der Waals surface area contributed by atoms with Gasteiger partial charge in [0.2, 0.25) is 0 Å². The van der Waals surface area contributed by atoms with E-state index in [-0.39, 0.29) is 11.1 Å². The summed E-state index contributed by atoms with van der Waals surface area (Å²) >= 11 is 0. The number of benzene rings is 1. The Morgan fingerprint density at radius 3 is 2.96 bits per heavy atom. The van der Waals surface area contributed by atoms with Gasteiger partial charge in [0.1, 0.15) is 11.3 Å². The molecule has 7 heteroatoms. The predicted octanol–water partition coefficient (Wildman–Crippen LogP) is 1.93. The molecule has 0 saturated heterocycles. The van der Waals surface area contributed by atoms with Gasteiger partial charge in [-0.05, 0) is 18.2 Å². The van der Waals surface area contributed by atoms with Crippen molar-refractivity contribution in [3.05, 3.63) is 58.8 Å². The number of fused-ring (bicyclic) bond motifs is 2. The molecule has 0 saturated carbocycles. The molecule has 0 unspecified atom stereocenters. The second-order valence-corrected chi connectivity index (χ2v) is 5.10. The van der Waals surface area contributed by atoms with Crippen LogP contribution in [0.25, 0.3) is 27.8 Å². The lowest BCUT2D eigenvalue weighted by Gasteiger charge is -2.12. The third-order valence-corrected chi connectivity index (χ3v) is 3.82. The number of H-pyrrole nitrogens is 2. The highest BCUT2D eigenvalue weighted by molar-refractivity contribution is 5.96. The maximum absolute atomic E-state index is 12.0. The van der Waals surface area contributed by atoms with Crippen LogP contribution in [0.3, 0.4) is 0 Å². The fourth-order valence-electron chi connectivity index (χ4n) is 2.73. The van der Waals surface area contributed by atoms with Crippen LogP contribution in [0.2, 0.25) is 0 Å². The number of nitrogens with one attached hydrogen (secondary N) is 2. The lowest BCUT2D eigenvalue weighted by atomic mass is 10.1. The van der Waals surface area contributed by atoms with Crippen LogP contribution in [0.1, 0.15) is 10.4 Å². The van der Waals surface area contributed by atoms with Crippen LogP contribution in [-0.2, 0) is 4.74 Å². The number of carbonyl (C=O) groups excluding carboxylic acids is 1.